The Hall–Kier alpha value is -0.0400. The molecule has 0 radical (unpaired) electrons. The van der Waals surface area contributed by atoms with Crippen LogP contribution in [0.1, 0.15) is 117 Å². The highest BCUT2D eigenvalue weighted by Crippen LogP contribution is 2.13. The van der Waals surface area contributed by atoms with Crippen LogP contribution in [0.4, 0.5) is 0 Å². The molecule has 1 heteroatoms. The first-order valence-corrected chi connectivity index (χ1v) is 10.3. The van der Waals surface area contributed by atoms with Crippen molar-refractivity contribution < 1.29 is 4.74 Å². The molecule has 0 amide bonds. The molecule has 0 bridgehead atoms. The molecule has 0 aliphatic rings. The molecule has 0 fully saturated rings. The molecular weight excluding hydrogens is 268 g/mol. The summed E-state index contributed by atoms with van der Waals surface area (Å²) < 4.78 is 5.65. The Morgan fingerprint density at radius 1 is 0.545 bits per heavy atom. The molecule has 0 aromatic carbocycles. The number of hydrogen-bond donors (Lipinski definition) is 0. The first-order chi connectivity index (χ1) is 10.8. The van der Waals surface area contributed by atoms with E-state index in [1.807, 2.05) is 0 Å². The highest BCUT2D eigenvalue weighted by molar-refractivity contribution is 4.49. The molecule has 0 aromatic rings. The lowest BCUT2D eigenvalue weighted by molar-refractivity contribution is 0.119. The molecule has 0 heterocycles. The van der Waals surface area contributed by atoms with E-state index in [0.29, 0.717) is 0 Å². The van der Waals surface area contributed by atoms with Gasteiger partial charge in [0.25, 0.3) is 0 Å². The standard InChI is InChI=1S/C21H44O/c1-4-5-6-7-8-9-10-11-12-13-14-15-16-17-19-22-20-18-21(2)3/h21H,4-20H2,1-3H3. The summed E-state index contributed by atoms with van der Waals surface area (Å²) in [6, 6.07) is 0. The zero-order chi connectivity index (χ0) is 16.3. The number of rotatable bonds is 18. The van der Waals surface area contributed by atoms with E-state index in [0.717, 1.165) is 19.1 Å². The maximum absolute atomic E-state index is 5.65. The number of ether oxygens (including phenoxy) is 1. The van der Waals surface area contributed by atoms with Crippen molar-refractivity contribution in [3.8, 4) is 0 Å². The Morgan fingerprint density at radius 3 is 1.36 bits per heavy atom. The van der Waals surface area contributed by atoms with E-state index in [-0.39, 0.29) is 0 Å². The molecule has 0 N–H and O–H groups in total. The van der Waals surface area contributed by atoms with Gasteiger partial charge in [-0.25, -0.2) is 0 Å². The fourth-order valence-electron chi connectivity index (χ4n) is 2.82. The van der Waals surface area contributed by atoms with Crippen molar-refractivity contribution in [3.05, 3.63) is 0 Å². The second-order valence-corrected chi connectivity index (χ2v) is 7.39. The third-order valence-corrected chi connectivity index (χ3v) is 4.48. The van der Waals surface area contributed by atoms with Crippen molar-refractivity contribution in [2.75, 3.05) is 13.2 Å². The summed E-state index contributed by atoms with van der Waals surface area (Å²) >= 11 is 0. The van der Waals surface area contributed by atoms with Crippen molar-refractivity contribution in [1.82, 2.24) is 0 Å². The van der Waals surface area contributed by atoms with E-state index >= 15 is 0 Å². The summed E-state index contributed by atoms with van der Waals surface area (Å²) in [4.78, 5) is 0. The molecule has 1 nitrogen and oxygen atoms in total. The molecule has 0 saturated heterocycles. The SMILES string of the molecule is CCCCCCCCCCCCCCCCOCCC(C)C. The zero-order valence-corrected chi connectivity index (χ0v) is 16.0. The van der Waals surface area contributed by atoms with E-state index in [1.165, 1.54) is 96.3 Å². The topological polar surface area (TPSA) is 9.23 Å². The van der Waals surface area contributed by atoms with Crippen LogP contribution >= 0.6 is 0 Å². The van der Waals surface area contributed by atoms with Gasteiger partial charge in [0.05, 0.1) is 0 Å². The molecule has 0 rings (SSSR count). The number of unbranched alkanes of at least 4 members (excludes halogenated alkanes) is 13. The summed E-state index contributed by atoms with van der Waals surface area (Å²) in [6.45, 7) is 8.74. The van der Waals surface area contributed by atoms with Crippen LogP contribution in [0.25, 0.3) is 0 Å². The first kappa shape index (κ1) is 22.0. The predicted octanol–water partition coefficient (Wildman–Crippen LogP) is 7.53. The van der Waals surface area contributed by atoms with Crippen LogP contribution in [-0.2, 0) is 4.74 Å². The van der Waals surface area contributed by atoms with Gasteiger partial charge in [-0.3, -0.25) is 0 Å². The van der Waals surface area contributed by atoms with Crippen molar-refractivity contribution in [2.24, 2.45) is 5.92 Å². The van der Waals surface area contributed by atoms with Crippen LogP contribution in [0, 0.1) is 5.92 Å². The van der Waals surface area contributed by atoms with E-state index < -0.39 is 0 Å². The van der Waals surface area contributed by atoms with Crippen LogP contribution in [0.3, 0.4) is 0 Å². The first-order valence-electron chi connectivity index (χ1n) is 10.3. The summed E-state index contributed by atoms with van der Waals surface area (Å²) in [5, 5.41) is 0. The van der Waals surface area contributed by atoms with E-state index in [4.69, 9.17) is 4.74 Å². The lowest BCUT2D eigenvalue weighted by Crippen LogP contribution is -2.00. The summed E-state index contributed by atoms with van der Waals surface area (Å²) in [5.41, 5.74) is 0. The molecule has 134 valence electrons. The van der Waals surface area contributed by atoms with Crippen LogP contribution in [-0.4, -0.2) is 13.2 Å². The van der Waals surface area contributed by atoms with Gasteiger partial charge in [-0.15, -0.1) is 0 Å². The molecule has 0 aliphatic carbocycles. The minimum Gasteiger partial charge on any atom is -0.381 e. The average Bonchev–Trinajstić information content (AvgIpc) is 2.50. The van der Waals surface area contributed by atoms with E-state index in [1.54, 1.807) is 0 Å². The predicted molar refractivity (Wildman–Crippen MR) is 101 cm³/mol. The van der Waals surface area contributed by atoms with Gasteiger partial charge < -0.3 is 4.74 Å². The lowest BCUT2D eigenvalue weighted by Gasteiger charge is -2.06. The molecule has 0 aliphatic heterocycles. The number of hydrogen-bond acceptors (Lipinski definition) is 1. The van der Waals surface area contributed by atoms with Crippen LogP contribution in [0.5, 0.6) is 0 Å². The molecular formula is C21H44O. The maximum Gasteiger partial charge on any atom is 0.0468 e. The van der Waals surface area contributed by atoms with Crippen molar-refractivity contribution >= 4 is 0 Å². The Kier molecular flexibility index (Phi) is 19.0. The van der Waals surface area contributed by atoms with Gasteiger partial charge in [0.1, 0.15) is 0 Å². The van der Waals surface area contributed by atoms with Gasteiger partial charge in [-0.05, 0) is 18.8 Å². The van der Waals surface area contributed by atoms with Gasteiger partial charge >= 0.3 is 0 Å². The van der Waals surface area contributed by atoms with Gasteiger partial charge in [0, 0.05) is 13.2 Å². The second-order valence-electron chi connectivity index (χ2n) is 7.39. The lowest BCUT2D eigenvalue weighted by atomic mass is 10.0. The van der Waals surface area contributed by atoms with Gasteiger partial charge in [-0.1, -0.05) is 104 Å². The fourth-order valence-corrected chi connectivity index (χ4v) is 2.82. The summed E-state index contributed by atoms with van der Waals surface area (Å²) in [7, 11) is 0. The monoisotopic (exact) mass is 312 g/mol. The highest BCUT2D eigenvalue weighted by atomic mass is 16.5. The summed E-state index contributed by atoms with van der Waals surface area (Å²) in [5.74, 6) is 0.774. The van der Waals surface area contributed by atoms with Crippen molar-refractivity contribution in [1.29, 1.82) is 0 Å². The fraction of sp³-hybridized carbons (Fsp3) is 1.00. The molecule has 0 unspecified atom stereocenters. The molecule has 0 atom stereocenters. The van der Waals surface area contributed by atoms with Crippen LogP contribution < -0.4 is 0 Å². The largest absolute Gasteiger partial charge is 0.381 e. The van der Waals surface area contributed by atoms with Crippen LogP contribution in [0.2, 0.25) is 0 Å². The summed E-state index contributed by atoms with van der Waals surface area (Å²) in [6.07, 6.45) is 21.2. The third kappa shape index (κ3) is 20.0. The Balaban J connectivity index is 2.94. The van der Waals surface area contributed by atoms with Gasteiger partial charge in [0.2, 0.25) is 0 Å². The minimum atomic E-state index is 0.774. The average molecular weight is 313 g/mol. The van der Waals surface area contributed by atoms with Crippen LogP contribution in [0.15, 0.2) is 0 Å². The van der Waals surface area contributed by atoms with Gasteiger partial charge in [0.15, 0.2) is 0 Å². The molecule has 22 heavy (non-hydrogen) atoms. The second kappa shape index (κ2) is 19.0. The Morgan fingerprint density at radius 2 is 0.955 bits per heavy atom. The quantitative estimate of drug-likeness (QED) is 0.238. The Labute approximate surface area is 141 Å². The maximum atomic E-state index is 5.65. The Bertz CT molecular complexity index is 188. The zero-order valence-electron chi connectivity index (χ0n) is 16.0. The molecule has 0 saturated carbocycles. The van der Waals surface area contributed by atoms with E-state index in [2.05, 4.69) is 20.8 Å². The molecule has 0 spiro atoms. The normalized spacial score (nSPS) is 11.5. The molecule has 0 aromatic heterocycles. The third-order valence-electron chi connectivity index (χ3n) is 4.48. The smallest absolute Gasteiger partial charge is 0.0468 e. The highest BCUT2D eigenvalue weighted by Gasteiger charge is 1.96. The minimum absolute atomic E-state index is 0.774. The van der Waals surface area contributed by atoms with Crippen molar-refractivity contribution in [3.63, 3.8) is 0 Å². The van der Waals surface area contributed by atoms with E-state index in [9.17, 15) is 0 Å². The van der Waals surface area contributed by atoms with Gasteiger partial charge in [-0.2, -0.15) is 0 Å². The van der Waals surface area contributed by atoms with Crippen molar-refractivity contribution in [2.45, 2.75) is 117 Å².